The van der Waals surface area contributed by atoms with Gasteiger partial charge in [-0.15, -0.1) is 0 Å². The molecule has 7 nitrogen and oxygen atoms in total. The number of carbonyl (C=O) groups is 2. The van der Waals surface area contributed by atoms with Crippen molar-refractivity contribution in [3.05, 3.63) is 70.6 Å². The molecule has 3 N–H and O–H groups in total. The number of nitrogens with two attached hydrogens (primary N) is 1. The summed E-state index contributed by atoms with van der Waals surface area (Å²) < 4.78 is 11.5. The van der Waals surface area contributed by atoms with Gasteiger partial charge in [-0.05, 0) is 73.3 Å². The highest BCUT2D eigenvalue weighted by Gasteiger charge is 2.24. The second-order valence-electron chi connectivity index (χ2n) is 7.15. The third kappa shape index (κ3) is 7.36. The fourth-order valence-corrected chi connectivity index (χ4v) is 4.33. The van der Waals surface area contributed by atoms with Gasteiger partial charge in [-0.1, -0.05) is 50.2 Å². The molecule has 2 amide bonds. The number of carbonyl (C=O) groups excluding carboxylic acids is 2. The number of amides is 2. The van der Waals surface area contributed by atoms with E-state index in [1.54, 1.807) is 0 Å². The number of nitrogens with zero attached hydrogens (tertiary/aromatic N) is 1. The number of thioether (sulfide) groups is 1. The van der Waals surface area contributed by atoms with E-state index >= 15 is 0 Å². The molecule has 1 heterocycles. The molecule has 0 spiro atoms. The van der Waals surface area contributed by atoms with Crippen LogP contribution in [0.4, 0.5) is 5.69 Å². The summed E-state index contributed by atoms with van der Waals surface area (Å²) in [7, 11) is 0. The van der Waals surface area contributed by atoms with Crippen LogP contribution in [0.15, 0.2) is 64.5 Å². The predicted molar refractivity (Wildman–Crippen MR) is 150 cm³/mol. The maximum absolute atomic E-state index is 12.6. The number of aliphatic imine (C=N–C) groups is 1. The van der Waals surface area contributed by atoms with Crippen molar-refractivity contribution in [2.45, 2.75) is 34.6 Å². The van der Waals surface area contributed by atoms with Gasteiger partial charge in [0.2, 0.25) is 6.41 Å². The molecule has 1 fully saturated rings. The molecule has 0 aliphatic carbocycles. The SMILES string of the molecule is CC.CCOc1cc(/C=C2/SC(=Nc3cccc4ccccc34)NC2=O)cc(C)c1OCC.NC=O. The van der Waals surface area contributed by atoms with Crippen molar-refractivity contribution in [1.82, 2.24) is 5.32 Å². The zero-order valence-electron chi connectivity index (χ0n) is 21.3. The zero-order valence-corrected chi connectivity index (χ0v) is 22.1. The molecule has 4 rings (SSSR count). The molecule has 0 radical (unpaired) electrons. The van der Waals surface area contributed by atoms with Crippen LogP contribution in [0.2, 0.25) is 0 Å². The van der Waals surface area contributed by atoms with E-state index in [0.29, 0.717) is 29.0 Å². The Hall–Kier alpha value is -3.78. The van der Waals surface area contributed by atoms with E-state index in [9.17, 15) is 4.79 Å². The number of nitrogens with one attached hydrogen (secondary N) is 1. The van der Waals surface area contributed by atoms with Gasteiger partial charge < -0.3 is 20.5 Å². The number of ether oxygens (including phenoxy) is 2. The first-order valence-electron chi connectivity index (χ1n) is 11.8. The molecule has 3 aromatic rings. The normalized spacial score (nSPS) is 14.4. The van der Waals surface area contributed by atoms with Crippen LogP contribution in [0.1, 0.15) is 38.8 Å². The topological polar surface area (TPSA) is 103 Å². The third-order valence-electron chi connectivity index (χ3n) is 4.79. The van der Waals surface area contributed by atoms with Crippen molar-refractivity contribution >= 4 is 51.8 Å². The molecule has 0 unspecified atom stereocenters. The smallest absolute Gasteiger partial charge is 0.264 e. The summed E-state index contributed by atoms with van der Waals surface area (Å²) in [6.45, 7) is 11.0. The largest absolute Gasteiger partial charge is 0.490 e. The van der Waals surface area contributed by atoms with Gasteiger partial charge in [-0.3, -0.25) is 9.59 Å². The van der Waals surface area contributed by atoms with E-state index < -0.39 is 0 Å². The van der Waals surface area contributed by atoms with Crippen LogP contribution in [0.3, 0.4) is 0 Å². The molecular weight excluding hydrogens is 474 g/mol. The monoisotopic (exact) mass is 507 g/mol. The van der Waals surface area contributed by atoms with Crippen LogP contribution in [0, 0.1) is 6.92 Å². The first-order valence-corrected chi connectivity index (χ1v) is 12.6. The van der Waals surface area contributed by atoms with E-state index in [-0.39, 0.29) is 12.3 Å². The Morgan fingerprint density at radius 2 is 1.69 bits per heavy atom. The van der Waals surface area contributed by atoms with Gasteiger partial charge in [0.25, 0.3) is 5.91 Å². The lowest BCUT2D eigenvalue weighted by Gasteiger charge is -2.14. The fourth-order valence-electron chi connectivity index (χ4n) is 3.49. The highest BCUT2D eigenvalue weighted by atomic mass is 32.2. The lowest BCUT2D eigenvalue weighted by atomic mass is 10.1. The number of fused-ring (bicyclic) bond motifs is 1. The highest BCUT2D eigenvalue weighted by molar-refractivity contribution is 8.18. The second kappa shape index (κ2) is 14.6. The average Bonchev–Trinajstić information content (AvgIpc) is 3.21. The lowest BCUT2D eigenvalue weighted by Crippen LogP contribution is -2.19. The minimum atomic E-state index is -0.159. The first-order chi connectivity index (χ1) is 17.5. The zero-order chi connectivity index (χ0) is 26.5. The van der Waals surface area contributed by atoms with Crippen LogP contribution < -0.4 is 20.5 Å². The Balaban J connectivity index is 0.000000850. The van der Waals surface area contributed by atoms with Crippen molar-refractivity contribution in [2.24, 2.45) is 10.7 Å². The van der Waals surface area contributed by atoms with E-state index in [1.807, 2.05) is 83.2 Å². The van der Waals surface area contributed by atoms with E-state index in [4.69, 9.17) is 19.3 Å². The Morgan fingerprint density at radius 1 is 1.03 bits per heavy atom. The van der Waals surface area contributed by atoms with Crippen molar-refractivity contribution < 1.29 is 19.1 Å². The summed E-state index contributed by atoms with van der Waals surface area (Å²) in [5.74, 6) is 1.27. The highest BCUT2D eigenvalue weighted by Crippen LogP contribution is 2.36. The van der Waals surface area contributed by atoms with E-state index in [1.165, 1.54) is 11.8 Å². The van der Waals surface area contributed by atoms with E-state index in [2.05, 4.69) is 23.2 Å². The Morgan fingerprint density at radius 3 is 2.39 bits per heavy atom. The van der Waals surface area contributed by atoms with Gasteiger partial charge in [0, 0.05) is 5.39 Å². The minimum Gasteiger partial charge on any atom is -0.490 e. The van der Waals surface area contributed by atoms with E-state index in [0.717, 1.165) is 33.3 Å². The maximum atomic E-state index is 12.6. The third-order valence-corrected chi connectivity index (χ3v) is 5.70. The molecule has 190 valence electrons. The van der Waals surface area contributed by atoms with Crippen molar-refractivity contribution in [2.75, 3.05) is 13.2 Å². The van der Waals surface area contributed by atoms with Gasteiger partial charge >= 0.3 is 0 Å². The van der Waals surface area contributed by atoms with Crippen molar-refractivity contribution in [3.8, 4) is 11.5 Å². The summed E-state index contributed by atoms with van der Waals surface area (Å²) in [4.78, 5) is 26.4. The minimum absolute atomic E-state index is 0.159. The molecule has 0 atom stereocenters. The quantitative estimate of drug-likeness (QED) is 0.316. The molecule has 1 aliphatic rings. The second-order valence-corrected chi connectivity index (χ2v) is 8.18. The van der Waals surface area contributed by atoms with Crippen LogP contribution in [-0.2, 0) is 9.59 Å². The Kier molecular flexibility index (Phi) is 11.5. The maximum Gasteiger partial charge on any atom is 0.264 e. The van der Waals surface area contributed by atoms with Crippen molar-refractivity contribution in [1.29, 1.82) is 0 Å². The summed E-state index contributed by atoms with van der Waals surface area (Å²) in [5, 5.41) is 5.61. The van der Waals surface area contributed by atoms with Gasteiger partial charge in [0.05, 0.1) is 23.8 Å². The van der Waals surface area contributed by atoms with Crippen molar-refractivity contribution in [3.63, 3.8) is 0 Å². The molecular formula is C28H33N3O4S. The number of rotatable bonds is 6. The Labute approximate surface area is 216 Å². The molecule has 0 aromatic heterocycles. The van der Waals surface area contributed by atoms with Gasteiger partial charge in [0.1, 0.15) is 0 Å². The van der Waals surface area contributed by atoms with Crippen LogP contribution >= 0.6 is 11.8 Å². The number of benzene rings is 3. The van der Waals surface area contributed by atoms with Gasteiger partial charge in [-0.25, -0.2) is 4.99 Å². The molecule has 1 saturated heterocycles. The van der Waals surface area contributed by atoms with Crippen LogP contribution in [-0.4, -0.2) is 30.7 Å². The van der Waals surface area contributed by atoms with Gasteiger partial charge in [0.15, 0.2) is 16.7 Å². The number of primary amides is 1. The average molecular weight is 508 g/mol. The number of aryl methyl sites for hydroxylation is 1. The predicted octanol–water partition coefficient (Wildman–Crippen LogP) is 5.96. The summed E-state index contributed by atoms with van der Waals surface area (Å²) in [6.07, 6.45) is 2.11. The summed E-state index contributed by atoms with van der Waals surface area (Å²) in [6, 6.07) is 17.9. The summed E-state index contributed by atoms with van der Waals surface area (Å²) in [5.41, 5.74) is 6.85. The van der Waals surface area contributed by atoms with Crippen LogP contribution in [0.25, 0.3) is 16.8 Å². The number of hydrogen-bond acceptors (Lipinski definition) is 6. The molecule has 1 aliphatic heterocycles. The molecule has 0 bridgehead atoms. The Bertz CT molecular complexity index is 1250. The lowest BCUT2D eigenvalue weighted by molar-refractivity contribution is -0.115. The molecule has 0 saturated carbocycles. The molecule has 3 aromatic carbocycles. The first kappa shape index (κ1) is 28.5. The van der Waals surface area contributed by atoms with Gasteiger partial charge in [-0.2, -0.15) is 0 Å². The van der Waals surface area contributed by atoms with Crippen LogP contribution in [0.5, 0.6) is 11.5 Å². The number of amidine groups is 1. The summed E-state index contributed by atoms with van der Waals surface area (Å²) >= 11 is 1.33. The molecule has 8 heteroatoms. The number of hydrogen-bond donors (Lipinski definition) is 2. The standard InChI is InChI=1S/C25H24N2O3S.C2H6.CH3NO/c1-4-29-21-14-17(13-16(3)23(21)30-5-2)15-22-24(28)27-25(31-22)26-20-12-8-10-18-9-6-7-11-19(18)20;1-2;2-1-3/h6-15H,4-5H2,1-3H3,(H,26,27,28);1-2H3;1H,(H2,2,3)/b22-15+;;. The molecule has 36 heavy (non-hydrogen) atoms. The fraction of sp³-hybridized carbons (Fsp3) is 0.250.